The van der Waals surface area contributed by atoms with Crippen molar-refractivity contribution in [2.24, 2.45) is 23.2 Å². The fourth-order valence-electron chi connectivity index (χ4n) is 4.77. The predicted molar refractivity (Wildman–Crippen MR) is 158 cm³/mol. The first kappa shape index (κ1) is 37.4. The number of epoxide rings is 1. The van der Waals surface area contributed by atoms with Gasteiger partial charge in [0.1, 0.15) is 11.9 Å². The zero-order valence-corrected chi connectivity index (χ0v) is 26.9. The van der Waals surface area contributed by atoms with Gasteiger partial charge in [0.25, 0.3) is 0 Å². The van der Waals surface area contributed by atoms with Crippen LogP contribution in [-0.2, 0) is 14.3 Å². The lowest BCUT2D eigenvalue weighted by Gasteiger charge is -2.29. The number of rotatable bonds is 1. The molecule has 2 aliphatic heterocycles. The van der Waals surface area contributed by atoms with Gasteiger partial charge in [-0.25, -0.2) is 0 Å². The van der Waals surface area contributed by atoms with E-state index in [9.17, 15) is 4.79 Å². The number of carbonyl (C=O) groups is 1. The van der Waals surface area contributed by atoms with Gasteiger partial charge in [0, 0.05) is 18.4 Å². The third kappa shape index (κ3) is 13.7. The molecule has 216 valence electrons. The average Bonchev–Trinajstić information content (AvgIpc) is 3.64. The van der Waals surface area contributed by atoms with E-state index in [2.05, 4.69) is 67.1 Å². The minimum absolute atomic E-state index is 0.103. The molecule has 7 atom stereocenters. The maximum Gasteiger partial charge on any atom is 0.186 e. The molecule has 2 heterocycles. The van der Waals surface area contributed by atoms with E-state index < -0.39 is 0 Å². The highest BCUT2D eigenvalue weighted by atomic mass is 16.8. The fourth-order valence-corrected chi connectivity index (χ4v) is 4.77. The maximum absolute atomic E-state index is 12.3. The summed E-state index contributed by atoms with van der Waals surface area (Å²) < 4.78 is 10.8. The molecule has 3 fully saturated rings. The van der Waals surface area contributed by atoms with Crippen molar-refractivity contribution in [2.75, 3.05) is 14.1 Å². The maximum atomic E-state index is 12.3. The average molecular weight is 512 g/mol. The lowest BCUT2D eigenvalue weighted by atomic mass is 9.76. The molecule has 0 amide bonds. The quantitative estimate of drug-likeness (QED) is 0.260. The Kier molecular flexibility index (Phi) is 20.1. The minimum atomic E-state index is 0.103. The lowest BCUT2D eigenvalue weighted by Crippen LogP contribution is -2.41. The van der Waals surface area contributed by atoms with Crippen LogP contribution in [0.5, 0.6) is 0 Å². The van der Waals surface area contributed by atoms with Gasteiger partial charge >= 0.3 is 0 Å². The third-order valence-corrected chi connectivity index (χ3v) is 7.65. The number of ketones is 1. The number of hydrogen-bond donors (Lipinski definition) is 0. The molecule has 2 saturated heterocycles. The van der Waals surface area contributed by atoms with Crippen molar-refractivity contribution in [2.45, 2.75) is 153 Å². The highest BCUT2D eigenvalue weighted by Crippen LogP contribution is 2.37. The van der Waals surface area contributed by atoms with E-state index >= 15 is 0 Å². The summed E-state index contributed by atoms with van der Waals surface area (Å²) in [6.45, 7) is 29.6. The Labute approximate surface area is 227 Å². The second-order valence-electron chi connectivity index (χ2n) is 11.2. The summed E-state index contributed by atoms with van der Waals surface area (Å²) in [5, 5.41) is 0. The standard InChI is InChI=1S/C18H32O.C8H15NO2.3C2H6/c1-13-8-7-10-18(5,6)11-9-17(19)16(4)15(3)12-14(13)2;1-5-4-6(9(2)3)7-8(10-5)11-7;3*1-2/h13,15-16H,2,7-12H2,1,3-6H3;5-8H,4H2,1-3H3;3*1-2H3. The summed E-state index contributed by atoms with van der Waals surface area (Å²) in [5.41, 5.74) is 1.64. The lowest BCUT2D eigenvalue weighted by molar-refractivity contribution is -0.124. The molecule has 0 bridgehead atoms. The summed E-state index contributed by atoms with van der Waals surface area (Å²) in [7, 11) is 4.20. The first-order valence-electron chi connectivity index (χ1n) is 15.1. The number of carbonyl (C=O) groups excluding carboxylic acids is 1. The Morgan fingerprint density at radius 1 is 0.917 bits per heavy atom. The summed E-state index contributed by atoms with van der Waals surface area (Å²) in [4.78, 5) is 14.5. The number of Topliss-reactive ketones (excluding diaryl/α,β-unsaturated/α-hetero) is 1. The van der Waals surface area contributed by atoms with Crippen molar-refractivity contribution in [3.05, 3.63) is 12.2 Å². The zero-order valence-electron chi connectivity index (χ0n) is 26.9. The van der Waals surface area contributed by atoms with Crippen LogP contribution in [0.2, 0.25) is 0 Å². The molecule has 3 aliphatic rings. The van der Waals surface area contributed by atoms with E-state index in [1.54, 1.807) is 0 Å². The fraction of sp³-hybridized carbons (Fsp3) is 0.906. The smallest absolute Gasteiger partial charge is 0.186 e. The second-order valence-corrected chi connectivity index (χ2v) is 11.2. The van der Waals surface area contributed by atoms with Crippen molar-refractivity contribution >= 4 is 5.78 Å². The normalized spacial score (nSPS) is 33.7. The van der Waals surface area contributed by atoms with Gasteiger partial charge in [0.2, 0.25) is 0 Å². The molecule has 0 N–H and O–H groups in total. The van der Waals surface area contributed by atoms with E-state index in [1.165, 1.54) is 24.8 Å². The molecule has 1 saturated carbocycles. The van der Waals surface area contributed by atoms with E-state index in [-0.39, 0.29) is 12.2 Å². The van der Waals surface area contributed by atoms with Crippen molar-refractivity contribution in [3.63, 3.8) is 0 Å². The highest BCUT2D eigenvalue weighted by Gasteiger charge is 2.51. The Bertz CT molecular complexity index is 586. The van der Waals surface area contributed by atoms with Gasteiger partial charge in [-0.15, -0.1) is 0 Å². The van der Waals surface area contributed by atoms with Crippen molar-refractivity contribution in [1.29, 1.82) is 0 Å². The Morgan fingerprint density at radius 3 is 2.00 bits per heavy atom. The number of ether oxygens (including phenoxy) is 2. The van der Waals surface area contributed by atoms with E-state index in [0.29, 0.717) is 41.3 Å². The van der Waals surface area contributed by atoms with E-state index in [1.807, 2.05) is 41.5 Å². The number of nitrogens with zero attached hydrogens (tertiary/aromatic N) is 1. The monoisotopic (exact) mass is 511 g/mol. The number of hydrogen-bond acceptors (Lipinski definition) is 4. The molecule has 0 spiro atoms. The van der Waals surface area contributed by atoms with E-state index in [4.69, 9.17) is 9.47 Å². The van der Waals surface area contributed by atoms with Crippen molar-refractivity contribution in [3.8, 4) is 0 Å². The molecule has 0 aromatic carbocycles. The third-order valence-electron chi connectivity index (χ3n) is 7.65. The van der Waals surface area contributed by atoms with Crippen molar-refractivity contribution in [1.82, 2.24) is 4.90 Å². The van der Waals surface area contributed by atoms with Gasteiger partial charge in [0.15, 0.2) is 6.29 Å². The largest absolute Gasteiger partial charge is 0.347 e. The SMILES string of the molecule is C=C1CC(C)C(C)C(=O)CCC(C)(C)CCCC1C.CC.CC.CC.CC1CC(N(C)C)C2OC2O1. The van der Waals surface area contributed by atoms with Crippen LogP contribution >= 0.6 is 0 Å². The molecule has 1 aliphatic carbocycles. The van der Waals surface area contributed by atoms with Crippen LogP contribution < -0.4 is 0 Å². The Hall–Kier alpha value is -0.710. The van der Waals surface area contributed by atoms with Gasteiger partial charge in [0.05, 0.1) is 6.10 Å². The molecule has 0 aromatic rings. The summed E-state index contributed by atoms with van der Waals surface area (Å²) >= 11 is 0. The molecule has 0 aromatic heterocycles. The molecular weight excluding hydrogens is 446 g/mol. The van der Waals surface area contributed by atoms with E-state index in [0.717, 1.165) is 25.7 Å². The zero-order chi connectivity index (χ0) is 28.6. The molecule has 4 heteroatoms. The summed E-state index contributed by atoms with van der Waals surface area (Å²) in [5.74, 6) is 1.66. The first-order valence-corrected chi connectivity index (χ1v) is 15.1. The molecule has 0 radical (unpaired) electrons. The molecular formula is C32H65NO3. The van der Waals surface area contributed by atoms with Crippen LogP contribution in [-0.4, -0.2) is 49.3 Å². The number of fused-ring (bicyclic) bond motifs is 1. The molecule has 7 unspecified atom stereocenters. The van der Waals surface area contributed by atoms with Gasteiger partial charge < -0.3 is 14.4 Å². The Balaban J connectivity index is 0. The van der Waals surface area contributed by atoms with Crippen LogP contribution in [0.3, 0.4) is 0 Å². The van der Waals surface area contributed by atoms with Gasteiger partial charge in [-0.1, -0.05) is 94.7 Å². The highest BCUT2D eigenvalue weighted by molar-refractivity contribution is 5.80. The van der Waals surface area contributed by atoms with Gasteiger partial charge in [-0.3, -0.25) is 4.79 Å². The first-order chi connectivity index (χ1) is 16.9. The second kappa shape index (κ2) is 19.4. The van der Waals surface area contributed by atoms with Crippen LogP contribution in [0.1, 0.15) is 128 Å². The Morgan fingerprint density at radius 2 is 1.47 bits per heavy atom. The van der Waals surface area contributed by atoms with Crippen LogP contribution in [0, 0.1) is 23.2 Å². The number of likely N-dealkylation sites (N-methyl/N-ethyl adjacent to an activating group) is 1. The summed E-state index contributed by atoms with van der Waals surface area (Å²) in [6.07, 6.45) is 8.42. The van der Waals surface area contributed by atoms with Gasteiger partial charge in [-0.2, -0.15) is 0 Å². The topological polar surface area (TPSA) is 42.1 Å². The molecule has 36 heavy (non-hydrogen) atoms. The van der Waals surface area contributed by atoms with Crippen molar-refractivity contribution < 1.29 is 14.3 Å². The minimum Gasteiger partial charge on any atom is -0.347 e. The van der Waals surface area contributed by atoms with Crippen LogP contribution in [0.15, 0.2) is 12.2 Å². The molecule has 4 nitrogen and oxygen atoms in total. The van der Waals surface area contributed by atoms with Gasteiger partial charge in [-0.05, 0) is 70.4 Å². The predicted octanol–water partition coefficient (Wildman–Crippen LogP) is 8.93. The van der Waals surface area contributed by atoms with Crippen LogP contribution in [0.4, 0.5) is 0 Å². The number of allylic oxidation sites excluding steroid dienone is 1. The molecule has 3 rings (SSSR count). The summed E-state index contributed by atoms with van der Waals surface area (Å²) in [6, 6.07) is 0.559. The van der Waals surface area contributed by atoms with Crippen LogP contribution in [0.25, 0.3) is 0 Å².